The molecule has 0 aliphatic rings. The second-order valence-corrected chi connectivity index (χ2v) is 4.60. The van der Waals surface area contributed by atoms with Gasteiger partial charge >= 0.3 is 0 Å². The Morgan fingerprint density at radius 3 is 2.63 bits per heavy atom. The number of carbonyl (C=O) groups excluding carboxylic acids is 1. The molecule has 3 N–H and O–H groups in total. The molecule has 0 aromatic heterocycles. The third-order valence-electron chi connectivity index (χ3n) is 2.63. The maximum Gasteiger partial charge on any atom is 0.272 e. The molecule has 104 valence electrons. The quantitative estimate of drug-likeness (QED) is 0.527. The predicted octanol–water partition coefficient (Wildman–Crippen LogP) is 0.376. The summed E-state index contributed by atoms with van der Waals surface area (Å²) in [6, 6.07) is 4.00. The Kier molecular flexibility index (Phi) is 4.57. The molecule has 7 heteroatoms. The number of aliphatic hydroxyl groups is 2. The third-order valence-corrected chi connectivity index (χ3v) is 2.63. The molecule has 1 atom stereocenters. The summed E-state index contributed by atoms with van der Waals surface area (Å²) >= 11 is 0. The van der Waals surface area contributed by atoms with E-state index in [0.29, 0.717) is 5.56 Å². The van der Waals surface area contributed by atoms with E-state index in [1.165, 1.54) is 25.1 Å². The maximum atomic E-state index is 11.8. The van der Waals surface area contributed by atoms with E-state index in [1.54, 1.807) is 6.92 Å². The average Bonchev–Trinajstić information content (AvgIpc) is 2.35. The zero-order chi connectivity index (χ0) is 14.6. The standard InChI is InChI=1S/C12H16N2O5/c1-8-5-9(3-4-10(8)14(18)19)11(16)13-6-12(2,17)7-15/h3-5,15,17H,6-7H2,1-2H3,(H,13,16). The summed E-state index contributed by atoms with van der Waals surface area (Å²) in [5, 5.41) is 31.5. The Morgan fingerprint density at radius 2 is 2.16 bits per heavy atom. The Labute approximate surface area is 110 Å². The molecule has 1 aromatic carbocycles. The fraction of sp³-hybridized carbons (Fsp3) is 0.417. The van der Waals surface area contributed by atoms with Gasteiger partial charge in [0.1, 0.15) is 5.60 Å². The normalized spacial score (nSPS) is 13.7. The number of aryl methyl sites for hydroxylation is 1. The highest BCUT2D eigenvalue weighted by Gasteiger charge is 2.21. The van der Waals surface area contributed by atoms with Gasteiger partial charge in [-0.15, -0.1) is 0 Å². The number of nitro benzene ring substituents is 1. The number of amides is 1. The topological polar surface area (TPSA) is 113 Å². The molecular weight excluding hydrogens is 252 g/mol. The van der Waals surface area contributed by atoms with Gasteiger partial charge in [0.25, 0.3) is 11.6 Å². The number of nitro groups is 1. The zero-order valence-corrected chi connectivity index (χ0v) is 10.7. The third kappa shape index (κ3) is 4.01. The van der Waals surface area contributed by atoms with E-state index in [4.69, 9.17) is 5.11 Å². The van der Waals surface area contributed by atoms with Gasteiger partial charge in [-0.05, 0) is 26.0 Å². The van der Waals surface area contributed by atoms with Crippen LogP contribution in [0.25, 0.3) is 0 Å². The van der Waals surface area contributed by atoms with Crippen LogP contribution in [0.3, 0.4) is 0 Å². The highest BCUT2D eigenvalue weighted by molar-refractivity contribution is 5.94. The first-order chi connectivity index (χ1) is 8.76. The lowest BCUT2D eigenvalue weighted by molar-refractivity contribution is -0.385. The van der Waals surface area contributed by atoms with E-state index in [2.05, 4.69) is 5.32 Å². The van der Waals surface area contributed by atoms with E-state index < -0.39 is 23.0 Å². The Morgan fingerprint density at radius 1 is 1.53 bits per heavy atom. The minimum atomic E-state index is -1.40. The first-order valence-electron chi connectivity index (χ1n) is 5.63. The summed E-state index contributed by atoms with van der Waals surface area (Å²) in [4.78, 5) is 21.9. The van der Waals surface area contributed by atoms with Gasteiger partial charge < -0.3 is 15.5 Å². The molecule has 0 aliphatic carbocycles. The summed E-state index contributed by atoms with van der Waals surface area (Å²) in [6.45, 7) is 2.33. The van der Waals surface area contributed by atoms with Gasteiger partial charge in [0.15, 0.2) is 0 Å². The first kappa shape index (κ1) is 15.1. The van der Waals surface area contributed by atoms with Gasteiger partial charge in [0.05, 0.1) is 11.5 Å². The van der Waals surface area contributed by atoms with Crippen molar-refractivity contribution in [2.24, 2.45) is 0 Å². The van der Waals surface area contributed by atoms with Crippen molar-refractivity contribution >= 4 is 11.6 Å². The number of hydrogen-bond acceptors (Lipinski definition) is 5. The van der Waals surface area contributed by atoms with Crippen LogP contribution >= 0.6 is 0 Å². The zero-order valence-electron chi connectivity index (χ0n) is 10.7. The van der Waals surface area contributed by atoms with E-state index in [9.17, 15) is 20.0 Å². The average molecular weight is 268 g/mol. The highest BCUT2D eigenvalue weighted by Crippen LogP contribution is 2.18. The van der Waals surface area contributed by atoms with E-state index in [-0.39, 0.29) is 17.8 Å². The molecule has 0 spiro atoms. The van der Waals surface area contributed by atoms with Crippen molar-refractivity contribution in [3.63, 3.8) is 0 Å². The monoisotopic (exact) mass is 268 g/mol. The molecular formula is C12H16N2O5. The molecule has 19 heavy (non-hydrogen) atoms. The smallest absolute Gasteiger partial charge is 0.272 e. The van der Waals surface area contributed by atoms with Crippen LogP contribution in [-0.2, 0) is 0 Å². The summed E-state index contributed by atoms with van der Waals surface area (Å²) in [7, 11) is 0. The van der Waals surface area contributed by atoms with E-state index in [0.717, 1.165) is 0 Å². The summed E-state index contributed by atoms with van der Waals surface area (Å²) in [6.07, 6.45) is 0. The highest BCUT2D eigenvalue weighted by atomic mass is 16.6. The SMILES string of the molecule is Cc1cc(C(=O)NCC(C)(O)CO)ccc1[N+](=O)[O-]. The molecule has 0 heterocycles. The Bertz CT molecular complexity index is 499. The fourth-order valence-electron chi connectivity index (χ4n) is 1.43. The van der Waals surface area contributed by atoms with Crippen LogP contribution in [0, 0.1) is 17.0 Å². The van der Waals surface area contributed by atoms with Crippen molar-refractivity contribution < 1.29 is 19.9 Å². The lowest BCUT2D eigenvalue weighted by atomic mass is 10.1. The number of hydrogen-bond donors (Lipinski definition) is 3. The van der Waals surface area contributed by atoms with Crippen LogP contribution in [0.5, 0.6) is 0 Å². The van der Waals surface area contributed by atoms with Crippen LogP contribution in [-0.4, -0.2) is 39.8 Å². The van der Waals surface area contributed by atoms with Gasteiger partial charge in [-0.25, -0.2) is 0 Å². The van der Waals surface area contributed by atoms with Crippen LogP contribution in [0.4, 0.5) is 5.69 Å². The van der Waals surface area contributed by atoms with Gasteiger partial charge in [0, 0.05) is 23.7 Å². The maximum absolute atomic E-state index is 11.8. The molecule has 1 unspecified atom stereocenters. The summed E-state index contributed by atoms with van der Waals surface area (Å²) < 4.78 is 0. The minimum Gasteiger partial charge on any atom is -0.393 e. The number of rotatable bonds is 5. The lowest BCUT2D eigenvalue weighted by Gasteiger charge is -2.20. The van der Waals surface area contributed by atoms with Crippen molar-refractivity contribution in [2.75, 3.05) is 13.2 Å². The molecule has 1 rings (SSSR count). The van der Waals surface area contributed by atoms with Crippen molar-refractivity contribution in [1.82, 2.24) is 5.32 Å². The molecule has 0 fully saturated rings. The molecule has 0 saturated heterocycles. The Hall–Kier alpha value is -1.99. The van der Waals surface area contributed by atoms with Crippen molar-refractivity contribution in [3.8, 4) is 0 Å². The van der Waals surface area contributed by atoms with Crippen LogP contribution < -0.4 is 5.32 Å². The number of aliphatic hydroxyl groups excluding tert-OH is 1. The van der Waals surface area contributed by atoms with Gasteiger partial charge in [-0.2, -0.15) is 0 Å². The van der Waals surface area contributed by atoms with E-state index >= 15 is 0 Å². The second-order valence-electron chi connectivity index (χ2n) is 4.60. The largest absolute Gasteiger partial charge is 0.393 e. The number of nitrogens with zero attached hydrogens (tertiary/aromatic N) is 1. The predicted molar refractivity (Wildman–Crippen MR) is 67.9 cm³/mol. The molecule has 1 aromatic rings. The van der Waals surface area contributed by atoms with Crippen molar-refractivity contribution in [3.05, 3.63) is 39.4 Å². The van der Waals surface area contributed by atoms with Crippen LogP contribution in [0.2, 0.25) is 0 Å². The number of benzene rings is 1. The summed E-state index contributed by atoms with van der Waals surface area (Å²) in [5.41, 5.74) is -0.812. The van der Waals surface area contributed by atoms with E-state index in [1.807, 2.05) is 0 Å². The second kappa shape index (κ2) is 5.77. The van der Waals surface area contributed by atoms with Crippen molar-refractivity contribution in [2.45, 2.75) is 19.4 Å². The summed E-state index contributed by atoms with van der Waals surface area (Å²) in [5.74, 6) is -0.466. The Balaban J connectivity index is 2.79. The lowest BCUT2D eigenvalue weighted by Crippen LogP contribution is -2.43. The molecule has 0 aliphatic heterocycles. The van der Waals surface area contributed by atoms with Crippen molar-refractivity contribution in [1.29, 1.82) is 0 Å². The van der Waals surface area contributed by atoms with Gasteiger partial charge in [-0.3, -0.25) is 14.9 Å². The molecule has 0 saturated carbocycles. The molecule has 1 amide bonds. The van der Waals surface area contributed by atoms with Gasteiger partial charge in [-0.1, -0.05) is 0 Å². The van der Waals surface area contributed by atoms with Crippen LogP contribution in [0.15, 0.2) is 18.2 Å². The number of carbonyl (C=O) groups is 1. The molecule has 0 bridgehead atoms. The molecule has 7 nitrogen and oxygen atoms in total. The van der Waals surface area contributed by atoms with Gasteiger partial charge in [0.2, 0.25) is 0 Å². The van der Waals surface area contributed by atoms with Crippen LogP contribution in [0.1, 0.15) is 22.8 Å². The fourth-order valence-corrected chi connectivity index (χ4v) is 1.43. The minimum absolute atomic E-state index is 0.0566. The number of nitrogens with one attached hydrogen (secondary N) is 1. The first-order valence-corrected chi connectivity index (χ1v) is 5.63. The molecule has 0 radical (unpaired) electrons.